The molecule has 4 heteroatoms. The highest BCUT2D eigenvalue weighted by atomic mass is 16.5. The van der Waals surface area contributed by atoms with Gasteiger partial charge in [0.1, 0.15) is 0 Å². The fraction of sp³-hybridized carbons (Fsp3) is 0.615. The molecule has 0 fully saturated rings. The van der Waals surface area contributed by atoms with E-state index in [0.717, 1.165) is 24.8 Å². The monoisotopic (exact) mass is 238 g/mol. The minimum absolute atomic E-state index is 0.233. The fourth-order valence-corrected chi connectivity index (χ4v) is 1.57. The van der Waals surface area contributed by atoms with Crippen molar-refractivity contribution in [2.45, 2.75) is 32.2 Å². The lowest BCUT2D eigenvalue weighted by Gasteiger charge is -2.15. The summed E-state index contributed by atoms with van der Waals surface area (Å²) in [6, 6.07) is 4.18. The highest BCUT2D eigenvalue weighted by Gasteiger charge is 2.10. The third-order valence-corrected chi connectivity index (χ3v) is 2.74. The van der Waals surface area contributed by atoms with Gasteiger partial charge in [-0.25, -0.2) is 4.98 Å². The van der Waals surface area contributed by atoms with Gasteiger partial charge in [0.25, 0.3) is 0 Å². The Balaban J connectivity index is 2.46. The van der Waals surface area contributed by atoms with Crippen molar-refractivity contribution in [3.8, 4) is 5.88 Å². The van der Waals surface area contributed by atoms with E-state index >= 15 is 0 Å². The van der Waals surface area contributed by atoms with Crippen LogP contribution in [0, 0.1) is 0 Å². The topological polar surface area (TPSA) is 54.4 Å². The smallest absolute Gasteiger partial charge is 0.218 e. The van der Waals surface area contributed by atoms with Gasteiger partial charge < -0.3 is 15.2 Å². The van der Waals surface area contributed by atoms with Crippen LogP contribution in [0.25, 0.3) is 0 Å². The summed E-state index contributed by atoms with van der Waals surface area (Å²) in [5.74, 6) is 0.707. The van der Waals surface area contributed by atoms with Crippen molar-refractivity contribution in [2.24, 2.45) is 0 Å². The Labute approximate surface area is 103 Å². The minimum atomic E-state index is 0.233. The molecular formula is C13H22N2O2. The van der Waals surface area contributed by atoms with Gasteiger partial charge >= 0.3 is 0 Å². The number of rotatable bonds is 8. The molecule has 1 atom stereocenters. The normalized spacial score (nSPS) is 12.4. The van der Waals surface area contributed by atoms with E-state index in [1.54, 1.807) is 6.20 Å². The molecule has 0 spiro atoms. The average Bonchev–Trinajstić information content (AvgIpc) is 2.38. The third kappa shape index (κ3) is 4.71. The van der Waals surface area contributed by atoms with Gasteiger partial charge in [0.15, 0.2) is 0 Å². The molecular weight excluding hydrogens is 216 g/mol. The zero-order chi connectivity index (χ0) is 12.5. The van der Waals surface area contributed by atoms with Crippen molar-refractivity contribution in [1.82, 2.24) is 10.3 Å². The molecule has 1 unspecified atom stereocenters. The molecule has 0 amide bonds. The van der Waals surface area contributed by atoms with Gasteiger partial charge in [-0.3, -0.25) is 0 Å². The number of aliphatic hydroxyl groups is 1. The Morgan fingerprint density at radius 3 is 2.94 bits per heavy atom. The van der Waals surface area contributed by atoms with Crippen molar-refractivity contribution in [2.75, 3.05) is 20.3 Å². The molecule has 2 N–H and O–H groups in total. The summed E-state index contributed by atoms with van der Waals surface area (Å²) in [7, 11) is 1.92. The molecule has 0 aliphatic heterocycles. The first kappa shape index (κ1) is 13.9. The van der Waals surface area contributed by atoms with Crippen molar-refractivity contribution >= 4 is 0 Å². The molecule has 0 aliphatic carbocycles. The molecule has 0 saturated carbocycles. The number of hydrogen-bond donors (Lipinski definition) is 2. The summed E-state index contributed by atoms with van der Waals surface area (Å²) in [5, 5.41) is 11.8. The van der Waals surface area contributed by atoms with Crippen LogP contribution in [0.2, 0.25) is 0 Å². The molecule has 0 bridgehead atoms. The van der Waals surface area contributed by atoms with Crippen LogP contribution in [0.15, 0.2) is 18.3 Å². The fourth-order valence-electron chi connectivity index (χ4n) is 1.57. The zero-order valence-electron chi connectivity index (χ0n) is 10.6. The van der Waals surface area contributed by atoms with Gasteiger partial charge in [0.2, 0.25) is 5.88 Å². The van der Waals surface area contributed by atoms with E-state index in [0.29, 0.717) is 12.5 Å². The van der Waals surface area contributed by atoms with Crippen LogP contribution in [-0.4, -0.2) is 30.4 Å². The molecule has 96 valence electrons. The summed E-state index contributed by atoms with van der Waals surface area (Å²) >= 11 is 0. The van der Waals surface area contributed by atoms with Gasteiger partial charge in [-0.1, -0.05) is 6.07 Å². The number of ether oxygens (including phenoxy) is 1. The second-order valence-electron chi connectivity index (χ2n) is 4.04. The number of hydrogen-bond acceptors (Lipinski definition) is 4. The molecule has 1 aromatic rings. The van der Waals surface area contributed by atoms with Gasteiger partial charge in [0, 0.05) is 24.4 Å². The van der Waals surface area contributed by atoms with E-state index < -0.39 is 0 Å². The molecule has 0 aliphatic rings. The lowest BCUT2D eigenvalue weighted by atomic mass is 10.1. The van der Waals surface area contributed by atoms with E-state index in [2.05, 4.69) is 17.2 Å². The maximum Gasteiger partial charge on any atom is 0.218 e. The Bertz CT molecular complexity index is 318. The first-order valence-electron chi connectivity index (χ1n) is 6.15. The second kappa shape index (κ2) is 8.03. The number of pyridine rings is 1. The Morgan fingerprint density at radius 1 is 1.41 bits per heavy atom. The molecule has 1 aromatic heterocycles. The second-order valence-corrected chi connectivity index (χ2v) is 4.04. The van der Waals surface area contributed by atoms with Crippen LogP contribution >= 0.6 is 0 Å². The van der Waals surface area contributed by atoms with Crippen LogP contribution in [0.1, 0.15) is 37.8 Å². The third-order valence-electron chi connectivity index (χ3n) is 2.74. The first-order valence-corrected chi connectivity index (χ1v) is 6.15. The number of aliphatic hydroxyl groups excluding tert-OH is 1. The molecule has 17 heavy (non-hydrogen) atoms. The van der Waals surface area contributed by atoms with Gasteiger partial charge in [-0.05, 0) is 39.3 Å². The highest BCUT2D eigenvalue weighted by Crippen LogP contribution is 2.21. The lowest BCUT2D eigenvalue weighted by Crippen LogP contribution is -2.14. The zero-order valence-corrected chi connectivity index (χ0v) is 10.6. The molecule has 1 rings (SSSR count). The maximum atomic E-state index is 8.67. The Hall–Kier alpha value is -1.13. The van der Waals surface area contributed by atoms with E-state index in [4.69, 9.17) is 9.84 Å². The highest BCUT2D eigenvalue weighted by molar-refractivity contribution is 5.28. The number of nitrogens with zero attached hydrogens (tertiary/aromatic N) is 1. The van der Waals surface area contributed by atoms with Crippen molar-refractivity contribution in [1.29, 1.82) is 0 Å². The van der Waals surface area contributed by atoms with Crippen LogP contribution < -0.4 is 10.1 Å². The molecule has 0 radical (unpaired) electrons. The van der Waals surface area contributed by atoms with Gasteiger partial charge in [-0.15, -0.1) is 0 Å². The molecule has 0 saturated heterocycles. The largest absolute Gasteiger partial charge is 0.477 e. The minimum Gasteiger partial charge on any atom is -0.477 e. The number of nitrogens with one attached hydrogen (secondary N) is 1. The average molecular weight is 238 g/mol. The van der Waals surface area contributed by atoms with Crippen LogP contribution in [0.5, 0.6) is 5.88 Å². The summed E-state index contributed by atoms with van der Waals surface area (Å²) in [6.07, 6.45) is 4.52. The van der Waals surface area contributed by atoms with Crippen LogP contribution in [-0.2, 0) is 0 Å². The summed E-state index contributed by atoms with van der Waals surface area (Å²) in [4.78, 5) is 4.25. The van der Waals surface area contributed by atoms with Crippen LogP contribution in [0.3, 0.4) is 0 Å². The predicted molar refractivity (Wildman–Crippen MR) is 68.1 cm³/mol. The van der Waals surface area contributed by atoms with Gasteiger partial charge in [-0.2, -0.15) is 0 Å². The Morgan fingerprint density at radius 2 is 2.24 bits per heavy atom. The van der Waals surface area contributed by atoms with E-state index in [1.807, 2.05) is 19.2 Å². The van der Waals surface area contributed by atoms with Crippen molar-refractivity contribution in [3.63, 3.8) is 0 Å². The van der Waals surface area contributed by atoms with Gasteiger partial charge in [0.05, 0.1) is 6.61 Å². The first-order chi connectivity index (χ1) is 8.29. The lowest BCUT2D eigenvalue weighted by molar-refractivity contribution is 0.260. The van der Waals surface area contributed by atoms with Crippen molar-refractivity contribution < 1.29 is 9.84 Å². The van der Waals surface area contributed by atoms with Crippen LogP contribution in [0.4, 0.5) is 0 Å². The SMILES string of the molecule is CNC(C)c1cccnc1OCCCCCO. The van der Waals surface area contributed by atoms with E-state index in [9.17, 15) is 0 Å². The Kier molecular flexibility index (Phi) is 6.58. The molecule has 0 aromatic carbocycles. The number of aromatic nitrogens is 1. The summed E-state index contributed by atoms with van der Waals surface area (Å²) in [6.45, 7) is 2.99. The quantitative estimate of drug-likeness (QED) is 0.679. The van der Waals surface area contributed by atoms with E-state index in [-0.39, 0.29) is 12.6 Å². The standard InChI is InChI=1S/C13H22N2O2/c1-11(14-2)12-7-6-8-15-13(12)17-10-5-3-4-9-16/h6-8,11,14,16H,3-5,9-10H2,1-2H3. The summed E-state index contributed by atoms with van der Waals surface area (Å²) < 4.78 is 5.67. The molecule has 1 heterocycles. The van der Waals surface area contributed by atoms with Crippen molar-refractivity contribution in [3.05, 3.63) is 23.9 Å². The van der Waals surface area contributed by atoms with E-state index in [1.165, 1.54) is 0 Å². The molecule has 4 nitrogen and oxygen atoms in total. The summed E-state index contributed by atoms with van der Waals surface area (Å²) in [5.41, 5.74) is 1.08. The maximum absolute atomic E-state index is 8.67. The predicted octanol–water partition coefficient (Wildman–Crippen LogP) is 1.90. The number of unbranched alkanes of at least 4 members (excludes halogenated alkanes) is 2.